The van der Waals surface area contributed by atoms with Gasteiger partial charge in [0.25, 0.3) is 0 Å². The van der Waals surface area contributed by atoms with Gasteiger partial charge in [0.15, 0.2) is 5.96 Å². The molecule has 0 aliphatic heterocycles. The van der Waals surface area contributed by atoms with Crippen LogP contribution in [0, 0.1) is 6.92 Å². The second kappa shape index (κ2) is 11.6. The predicted octanol–water partition coefficient (Wildman–Crippen LogP) is 2.98. The Bertz CT molecular complexity index is 851. The average Bonchev–Trinajstić information content (AvgIpc) is 3.03. The molecular weight excluding hydrogens is 495 g/mol. The number of hydrogen-bond donors (Lipinski definition) is 3. The third kappa shape index (κ3) is 8.58. The van der Waals surface area contributed by atoms with Crippen LogP contribution in [0.15, 0.2) is 41.4 Å². The summed E-state index contributed by atoms with van der Waals surface area (Å²) < 4.78 is 25.7. The number of halogens is 1. The molecule has 1 heterocycles. The smallest absolute Gasteiger partial charge is 0.215 e. The summed E-state index contributed by atoms with van der Waals surface area (Å²) in [5.74, 6) is 0.712. The van der Waals surface area contributed by atoms with Crippen molar-refractivity contribution in [2.24, 2.45) is 4.99 Å². The van der Waals surface area contributed by atoms with Crippen molar-refractivity contribution in [3.8, 4) is 0 Å². The molecule has 3 N–H and O–H groups in total. The second-order valence-electron chi connectivity index (χ2n) is 5.84. The molecule has 0 spiro atoms. The monoisotopic (exact) mass is 522 g/mol. The van der Waals surface area contributed by atoms with Crippen LogP contribution in [0.25, 0.3) is 0 Å². The van der Waals surface area contributed by atoms with Gasteiger partial charge in [-0.25, -0.2) is 18.1 Å². The summed E-state index contributed by atoms with van der Waals surface area (Å²) in [5.41, 5.74) is 1.72. The summed E-state index contributed by atoms with van der Waals surface area (Å²) in [6, 6.07) is 11.7. The summed E-state index contributed by atoms with van der Waals surface area (Å²) in [7, 11) is -1.85. The number of guanidine groups is 1. The highest BCUT2D eigenvalue weighted by molar-refractivity contribution is 14.0. The van der Waals surface area contributed by atoms with Crippen LogP contribution >= 0.6 is 35.3 Å². The van der Waals surface area contributed by atoms with Crippen LogP contribution in [0.2, 0.25) is 0 Å². The molecule has 0 aliphatic carbocycles. The minimum atomic E-state index is -3.28. The van der Waals surface area contributed by atoms with E-state index in [1.807, 2.05) is 31.2 Å². The van der Waals surface area contributed by atoms with Gasteiger partial charge in [-0.1, -0.05) is 24.3 Å². The van der Waals surface area contributed by atoms with Gasteiger partial charge in [-0.3, -0.25) is 0 Å². The van der Waals surface area contributed by atoms with E-state index in [2.05, 4.69) is 39.4 Å². The molecule has 9 heteroatoms. The fourth-order valence-corrected chi connectivity index (χ4v) is 3.97. The van der Waals surface area contributed by atoms with Crippen molar-refractivity contribution in [2.45, 2.75) is 32.7 Å². The molecule has 2 aromatic rings. The van der Waals surface area contributed by atoms with Crippen LogP contribution in [0.5, 0.6) is 0 Å². The van der Waals surface area contributed by atoms with Crippen LogP contribution in [-0.2, 0) is 28.9 Å². The van der Waals surface area contributed by atoms with Gasteiger partial charge in [0.1, 0.15) is 0 Å². The van der Waals surface area contributed by atoms with E-state index in [1.165, 1.54) is 16.8 Å². The highest BCUT2D eigenvalue weighted by Crippen LogP contribution is 2.14. The lowest BCUT2D eigenvalue weighted by Crippen LogP contribution is -2.36. The molecule has 6 nitrogen and oxygen atoms in total. The van der Waals surface area contributed by atoms with Crippen molar-refractivity contribution in [1.29, 1.82) is 0 Å². The largest absolute Gasteiger partial charge is 0.357 e. The molecule has 0 amide bonds. The molecule has 0 aliphatic rings. The minimum absolute atomic E-state index is 0. The van der Waals surface area contributed by atoms with Crippen molar-refractivity contribution in [2.75, 3.05) is 13.6 Å². The number of benzene rings is 1. The van der Waals surface area contributed by atoms with E-state index in [0.29, 0.717) is 6.54 Å². The van der Waals surface area contributed by atoms with E-state index in [0.717, 1.165) is 30.2 Å². The van der Waals surface area contributed by atoms with E-state index in [-0.39, 0.29) is 29.7 Å². The number of sulfonamides is 1. The van der Waals surface area contributed by atoms with Gasteiger partial charge >= 0.3 is 0 Å². The molecule has 27 heavy (non-hydrogen) atoms. The summed E-state index contributed by atoms with van der Waals surface area (Å²) in [6.45, 7) is 6.09. The topological polar surface area (TPSA) is 82.6 Å². The molecule has 0 atom stereocenters. The fraction of sp³-hybridized carbons (Fsp3) is 0.389. The highest BCUT2D eigenvalue weighted by atomic mass is 127. The molecule has 0 radical (unpaired) electrons. The minimum Gasteiger partial charge on any atom is -0.357 e. The molecule has 1 aromatic heterocycles. The lowest BCUT2D eigenvalue weighted by Gasteiger charge is -2.11. The van der Waals surface area contributed by atoms with Gasteiger partial charge in [0.05, 0.1) is 18.8 Å². The fourth-order valence-electron chi connectivity index (χ4n) is 2.37. The Morgan fingerprint density at radius 2 is 1.89 bits per heavy atom. The van der Waals surface area contributed by atoms with E-state index < -0.39 is 10.0 Å². The van der Waals surface area contributed by atoms with Crippen molar-refractivity contribution in [3.63, 3.8) is 0 Å². The normalized spacial score (nSPS) is 11.7. The maximum Gasteiger partial charge on any atom is 0.215 e. The molecular formula is C18H27IN4O2S2. The van der Waals surface area contributed by atoms with Crippen LogP contribution in [0.4, 0.5) is 0 Å². The third-order valence-corrected chi connectivity index (χ3v) is 5.99. The Kier molecular flexibility index (Phi) is 10.3. The number of thiophene rings is 1. The van der Waals surface area contributed by atoms with Gasteiger partial charge in [-0.2, -0.15) is 0 Å². The maximum absolute atomic E-state index is 11.7. The molecule has 0 bridgehead atoms. The van der Waals surface area contributed by atoms with Crippen LogP contribution in [0.1, 0.15) is 27.8 Å². The predicted molar refractivity (Wildman–Crippen MR) is 124 cm³/mol. The third-order valence-electron chi connectivity index (χ3n) is 3.65. The standard InChI is InChI=1S/C18H26N4O2S2.HI/c1-4-20-18(22-12-17-9-8-14(2)25-17)21-11-15-6-5-7-16(10-15)13-26(23,24)19-3;/h5-10,19H,4,11-13H2,1-3H3,(H2,20,21,22);1H. The van der Waals surface area contributed by atoms with Crippen molar-refractivity contribution in [1.82, 2.24) is 15.4 Å². The van der Waals surface area contributed by atoms with Crippen LogP contribution < -0.4 is 15.4 Å². The van der Waals surface area contributed by atoms with Gasteiger partial charge in [0.2, 0.25) is 10.0 Å². The zero-order chi connectivity index (χ0) is 19.0. The Morgan fingerprint density at radius 1 is 1.15 bits per heavy atom. The zero-order valence-corrected chi connectivity index (χ0v) is 19.7. The zero-order valence-electron chi connectivity index (χ0n) is 15.8. The first kappa shape index (κ1) is 23.9. The van der Waals surface area contributed by atoms with Crippen LogP contribution in [0.3, 0.4) is 0 Å². The average molecular weight is 522 g/mol. The Balaban J connectivity index is 0.00000364. The van der Waals surface area contributed by atoms with Crippen molar-refractivity contribution >= 4 is 51.3 Å². The van der Waals surface area contributed by atoms with Crippen molar-refractivity contribution in [3.05, 3.63) is 57.3 Å². The highest BCUT2D eigenvalue weighted by Gasteiger charge is 2.08. The number of rotatable bonds is 8. The van der Waals surface area contributed by atoms with E-state index in [4.69, 9.17) is 0 Å². The van der Waals surface area contributed by atoms with Crippen molar-refractivity contribution < 1.29 is 8.42 Å². The lowest BCUT2D eigenvalue weighted by atomic mass is 10.1. The number of aryl methyl sites for hydroxylation is 1. The van der Waals surface area contributed by atoms with E-state index in [1.54, 1.807) is 11.3 Å². The first-order valence-corrected chi connectivity index (χ1v) is 10.9. The first-order chi connectivity index (χ1) is 12.4. The molecule has 1 aromatic carbocycles. The molecule has 150 valence electrons. The number of nitrogens with one attached hydrogen (secondary N) is 3. The number of aliphatic imine (C=N–C) groups is 1. The Hall–Kier alpha value is -1.17. The van der Waals surface area contributed by atoms with Gasteiger partial charge in [-0.05, 0) is 44.2 Å². The summed E-state index contributed by atoms with van der Waals surface area (Å²) in [5, 5.41) is 6.56. The molecule has 0 saturated carbocycles. The molecule has 2 rings (SSSR count). The van der Waals surface area contributed by atoms with Gasteiger partial charge in [-0.15, -0.1) is 35.3 Å². The molecule has 0 saturated heterocycles. The van der Waals surface area contributed by atoms with E-state index >= 15 is 0 Å². The van der Waals surface area contributed by atoms with Gasteiger partial charge < -0.3 is 10.6 Å². The van der Waals surface area contributed by atoms with Crippen LogP contribution in [-0.4, -0.2) is 28.0 Å². The van der Waals surface area contributed by atoms with Gasteiger partial charge in [0, 0.05) is 16.3 Å². The second-order valence-corrected chi connectivity index (χ2v) is 9.14. The summed E-state index contributed by atoms with van der Waals surface area (Å²) >= 11 is 1.76. The first-order valence-electron chi connectivity index (χ1n) is 8.48. The quantitative estimate of drug-likeness (QED) is 0.283. The maximum atomic E-state index is 11.7. The van der Waals surface area contributed by atoms with E-state index in [9.17, 15) is 8.42 Å². The molecule has 0 unspecified atom stereocenters. The SMILES string of the molecule is CCNC(=NCc1cccc(CS(=O)(=O)NC)c1)NCc1ccc(C)s1.I. The number of nitrogens with zero attached hydrogens (tertiary/aromatic N) is 1. The summed E-state index contributed by atoms with van der Waals surface area (Å²) in [6.07, 6.45) is 0. The number of hydrogen-bond acceptors (Lipinski definition) is 4. The Labute approximate surface area is 182 Å². The lowest BCUT2D eigenvalue weighted by molar-refractivity contribution is 0.587. The summed E-state index contributed by atoms with van der Waals surface area (Å²) in [4.78, 5) is 7.14. The molecule has 0 fully saturated rings. The Morgan fingerprint density at radius 3 is 2.52 bits per heavy atom.